The molecule has 1 atom stereocenters. The second-order valence-electron chi connectivity index (χ2n) is 10.3. The Kier molecular flexibility index (Phi) is 6.90. The number of thiophene rings is 1. The van der Waals surface area contributed by atoms with Crippen molar-refractivity contribution in [2.24, 2.45) is 0 Å². The minimum Gasteiger partial charge on any atom is -0.490 e. The highest BCUT2D eigenvalue weighted by molar-refractivity contribution is 7.18. The van der Waals surface area contributed by atoms with E-state index in [9.17, 15) is 14.3 Å². The minimum atomic E-state index is -0.838. The number of pyridine rings is 2. The van der Waals surface area contributed by atoms with E-state index in [0.717, 1.165) is 28.8 Å². The van der Waals surface area contributed by atoms with Crippen LogP contribution in [0.25, 0.3) is 49.5 Å². The number of ether oxygens (including phenoxy) is 1. The van der Waals surface area contributed by atoms with Gasteiger partial charge >= 0.3 is 0 Å². The van der Waals surface area contributed by atoms with Crippen molar-refractivity contribution >= 4 is 33.0 Å². The average molecular weight is 614 g/mol. The Labute approximate surface area is 253 Å². The largest absolute Gasteiger partial charge is 0.490 e. The molecule has 1 amide bonds. The van der Waals surface area contributed by atoms with Gasteiger partial charge in [-0.1, -0.05) is 6.58 Å². The van der Waals surface area contributed by atoms with Gasteiger partial charge < -0.3 is 14.7 Å². The highest BCUT2D eigenvalue weighted by Gasteiger charge is 2.31. The van der Waals surface area contributed by atoms with E-state index in [4.69, 9.17) is 14.8 Å². The van der Waals surface area contributed by atoms with Crippen molar-refractivity contribution in [3.63, 3.8) is 0 Å². The Morgan fingerprint density at radius 3 is 2.86 bits per heavy atom. The second kappa shape index (κ2) is 10.9. The average Bonchev–Trinajstić information content (AvgIpc) is 3.79. The van der Waals surface area contributed by atoms with Gasteiger partial charge in [0.05, 0.1) is 36.1 Å². The molecule has 13 heteroatoms. The number of rotatable bonds is 7. The van der Waals surface area contributed by atoms with Crippen LogP contribution in [0.1, 0.15) is 18.7 Å². The molecule has 1 aromatic carbocycles. The van der Waals surface area contributed by atoms with Crippen molar-refractivity contribution in [1.82, 2.24) is 34.3 Å². The summed E-state index contributed by atoms with van der Waals surface area (Å²) in [5, 5.41) is 25.0. The first kappa shape index (κ1) is 27.8. The Hall–Kier alpha value is -5.01. The topological polar surface area (TPSA) is 111 Å². The molecule has 1 unspecified atom stereocenters. The standard InChI is InChI=1S/C31H25F2N7O3S/c1-3-26(42)39-7-8-40-23(17(39)2)14-22(37-40)30-28(27-21(33)12-19(32)13-24(27)43-10-9-41)31-20(6-11-44-31)29(35-30)18-4-5-25-36-34-16-38(25)15-18/h3-6,11-17,41H,1,7-10H2,2H3. The summed E-state index contributed by atoms with van der Waals surface area (Å²) in [5.41, 5.74) is 4.05. The molecule has 1 N–H and O–H groups in total. The van der Waals surface area contributed by atoms with Crippen LogP contribution in [-0.2, 0) is 11.3 Å². The van der Waals surface area contributed by atoms with Crippen LogP contribution in [0.3, 0.4) is 0 Å². The lowest BCUT2D eigenvalue weighted by Gasteiger charge is -2.33. The van der Waals surface area contributed by atoms with Gasteiger partial charge in [-0.2, -0.15) is 5.10 Å². The number of aromatic nitrogens is 6. The highest BCUT2D eigenvalue weighted by atomic mass is 32.1. The van der Waals surface area contributed by atoms with Gasteiger partial charge in [-0.05, 0) is 42.6 Å². The third-order valence-corrected chi connectivity index (χ3v) is 8.68. The summed E-state index contributed by atoms with van der Waals surface area (Å²) in [5.74, 6) is -1.90. The number of hydrogen-bond donors (Lipinski definition) is 1. The molecule has 10 nitrogen and oxygen atoms in total. The predicted octanol–water partition coefficient (Wildman–Crippen LogP) is 5.28. The van der Waals surface area contributed by atoms with E-state index in [-0.39, 0.29) is 36.5 Å². The number of nitrogens with zero attached hydrogens (tertiary/aromatic N) is 7. The number of carbonyl (C=O) groups is 1. The lowest BCUT2D eigenvalue weighted by Crippen LogP contribution is -2.40. The predicted molar refractivity (Wildman–Crippen MR) is 161 cm³/mol. The molecule has 44 heavy (non-hydrogen) atoms. The van der Waals surface area contributed by atoms with Gasteiger partial charge in [-0.25, -0.2) is 13.8 Å². The maximum absolute atomic E-state index is 15.9. The van der Waals surface area contributed by atoms with E-state index >= 15 is 4.39 Å². The summed E-state index contributed by atoms with van der Waals surface area (Å²) in [6.45, 7) is 5.93. The summed E-state index contributed by atoms with van der Waals surface area (Å²) in [4.78, 5) is 19.4. The maximum atomic E-state index is 15.9. The molecule has 0 aliphatic carbocycles. The van der Waals surface area contributed by atoms with Crippen LogP contribution >= 0.6 is 11.3 Å². The van der Waals surface area contributed by atoms with E-state index < -0.39 is 11.6 Å². The zero-order chi connectivity index (χ0) is 30.5. The second-order valence-corrected chi connectivity index (χ2v) is 11.2. The van der Waals surface area contributed by atoms with Crippen LogP contribution in [0, 0.1) is 11.6 Å². The molecule has 0 radical (unpaired) electrons. The van der Waals surface area contributed by atoms with Crippen LogP contribution in [0.4, 0.5) is 8.78 Å². The molecule has 1 aliphatic rings. The lowest BCUT2D eigenvalue weighted by atomic mass is 9.96. The minimum absolute atomic E-state index is 0.0121. The quantitative estimate of drug-likeness (QED) is 0.244. The highest BCUT2D eigenvalue weighted by Crippen LogP contribution is 2.47. The number of amides is 1. The van der Waals surface area contributed by atoms with Crippen molar-refractivity contribution in [2.75, 3.05) is 19.8 Å². The Bertz CT molecular complexity index is 2090. The first-order valence-corrected chi connectivity index (χ1v) is 14.7. The number of carbonyl (C=O) groups excluding carboxylic acids is 1. The Morgan fingerprint density at radius 2 is 2.05 bits per heavy atom. The van der Waals surface area contributed by atoms with Crippen LogP contribution < -0.4 is 4.74 Å². The molecule has 5 aromatic heterocycles. The third kappa shape index (κ3) is 4.52. The van der Waals surface area contributed by atoms with Gasteiger partial charge in [0.25, 0.3) is 0 Å². The molecule has 222 valence electrons. The molecule has 0 spiro atoms. The summed E-state index contributed by atoms with van der Waals surface area (Å²) >= 11 is 1.38. The van der Waals surface area contributed by atoms with Gasteiger partial charge in [-0.3, -0.25) is 13.9 Å². The fourth-order valence-corrected chi connectivity index (χ4v) is 6.68. The molecule has 0 fully saturated rings. The van der Waals surface area contributed by atoms with Crippen LogP contribution in [0.5, 0.6) is 5.75 Å². The van der Waals surface area contributed by atoms with E-state index in [1.54, 1.807) is 15.6 Å². The monoisotopic (exact) mass is 613 g/mol. The van der Waals surface area contributed by atoms with E-state index in [0.29, 0.717) is 46.1 Å². The van der Waals surface area contributed by atoms with Gasteiger partial charge in [0.1, 0.15) is 41.7 Å². The Balaban J connectivity index is 1.52. The lowest BCUT2D eigenvalue weighted by molar-refractivity contribution is -0.129. The van der Waals surface area contributed by atoms with Gasteiger partial charge in [-0.15, -0.1) is 21.5 Å². The Morgan fingerprint density at radius 1 is 1.18 bits per heavy atom. The maximum Gasteiger partial charge on any atom is 0.246 e. The van der Waals surface area contributed by atoms with E-state index in [1.165, 1.54) is 17.4 Å². The van der Waals surface area contributed by atoms with Gasteiger partial charge in [0, 0.05) is 46.1 Å². The van der Waals surface area contributed by atoms with Crippen molar-refractivity contribution in [3.8, 4) is 39.5 Å². The molecule has 6 aromatic rings. The molecule has 0 saturated heterocycles. The first-order valence-electron chi connectivity index (χ1n) is 13.8. The zero-order valence-corrected chi connectivity index (χ0v) is 24.3. The van der Waals surface area contributed by atoms with Crippen LogP contribution in [0.2, 0.25) is 0 Å². The van der Waals surface area contributed by atoms with Crippen molar-refractivity contribution in [3.05, 3.63) is 84.3 Å². The summed E-state index contributed by atoms with van der Waals surface area (Å²) < 4.78 is 40.3. The normalized spacial score (nSPS) is 14.7. The number of benzene rings is 1. The van der Waals surface area contributed by atoms with Crippen LogP contribution in [0.15, 0.2) is 67.0 Å². The molecule has 0 bridgehead atoms. The van der Waals surface area contributed by atoms with Crippen LogP contribution in [-0.4, -0.2) is 65.0 Å². The molecule has 0 saturated carbocycles. The molecule has 6 heterocycles. The third-order valence-electron chi connectivity index (χ3n) is 7.75. The fourth-order valence-electron chi connectivity index (χ4n) is 5.73. The molecule has 7 rings (SSSR count). The SMILES string of the molecule is C=CC(=O)N1CCn2nc(-c3nc(-c4ccc5nncn5c4)c4ccsc4c3-c3c(F)cc(F)cc3OCCO)cc2C1C. The van der Waals surface area contributed by atoms with Crippen molar-refractivity contribution < 1.29 is 23.4 Å². The number of aliphatic hydroxyl groups is 1. The summed E-state index contributed by atoms with van der Waals surface area (Å²) in [7, 11) is 0. The van der Waals surface area contributed by atoms with Crippen molar-refractivity contribution in [1.29, 1.82) is 0 Å². The van der Waals surface area contributed by atoms with E-state index in [2.05, 4.69) is 16.8 Å². The summed E-state index contributed by atoms with van der Waals surface area (Å²) in [6, 6.07) is 9.08. The number of fused-ring (bicyclic) bond motifs is 3. The van der Waals surface area contributed by atoms with E-state index in [1.807, 2.05) is 47.4 Å². The first-order chi connectivity index (χ1) is 21.4. The van der Waals surface area contributed by atoms with Crippen molar-refractivity contribution in [2.45, 2.75) is 19.5 Å². The zero-order valence-electron chi connectivity index (χ0n) is 23.4. The molecular weight excluding hydrogens is 588 g/mol. The van der Waals surface area contributed by atoms with Gasteiger partial charge in [0.15, 0.2) is 5.65 Å². The molecule has 1 aliphatic heterocycles. The number of hydrogen-bond acceptors (Lipinski definition) is 8. The number of halogens is 2. The number of aliphatic hydroxyl groups excluding tert-OH is 1. The summed E-state index contributed by atoms with van der Waals surface area (Å²) in [6.07, 6.45) is 4.75. The molecular formula is C31H25F2N7O3S. The smallest absolute Gasteiger partial charge is 0.246 e. The van der Waals surface area contributed by atoms with Gasteiger partial charge in [0.2, 0.25) is 5.91 Å². The fraction of sp³-hybridized carbons (Fsp3) is 0.194.